The van der Waals surface area contributed by atoms with Crippen LogP contribution in [0.25, 0.3) is 0 Å². The summed E-state index contributed by atoms with van der Waals surface area (Å²) in [7, 11) is 0. The van der Waals surface area contributed by atoms with E-state index < -0.39 is 0 Å². The number of piperidine rings is 1. The number of rotatable bonds is 6. The van der Waals surface area contributed by atoms with Crippen LogP contribution in [-0.2, 0) is 4.79 Å². The summed E-state index contributed by atoms with van der Waals surface area (Å²) >= 11 is 0. The van der Waals surface area contributed by atoms with E-state index in [1.807, 2.05) is 0 Å². The minimum atomic E-state index is 0. The van der Waals surface area contributed by atoms with Gasteiger partial charge in [0.05, 0.1) is 5.92 Å². The number of halogens is 2. The number of nitrogens with one attached hydrogen (secondary N) is 2. The van der Waals surface area contributed by atoms with Gasteiger partial charge in [-0.2, -0.15) is 0 Å². The molecule has 1 aliphatic carbocycles. The van der Waals surface area contributed by atoms with Crippen LogP contribution in [0.5, 0.6) is 0 Å². The molecule has 2 fully saturated rings. The van der Waals surface area contributed by atoms with Gasteiger partial charge in [-0.05, 0) is 38.8 Å². The van der Waals surface area contributed by atoms with Gasteiger partial charge < -0.3 is 10.6 Å². The fourth-order valence-electron chi connectivity index (χ4n) is 2.58. The molecule has 0 aromatic carbocycles. The molecule has 19 heavy (non-hydrogen) atoms. The Balaban J connectivity index is 0.00000162. The van der Waals surface area contributed by atoms with E-state index in [-0.39, 0.29) is 36.6 Å². The zero-order valence-electron chi connectivity index (χ0n) is 11.7. The van der Waals surface area contributed by atoms with E-state index in [0.717, 1.165) is 51.6 Å². The second kappa shape index (κ2) is 9.81. The zero-order valence-corrected chi connectivity index (χ0v) is 13.3. The van der Waals surface area contributed by atoms with E-state index in [9.17, 15) is 4.79 Å². The topological polar surface area (TPSA) is 44.4 Å². The Morgan fingerprint density at radius 2 is 2.05 bits per heavy atom. The molecule has 0 radical (unpaired) electrons. The zero-order chi connectivity index (χ0) is 12.1. The molecule has 1 saturated carbocycles. The largest absolute Gasteiger partial charge is 0.355 e. The molecule has 1 atom stereocenters. The maximum absolute atomic E-state index is 11.9. The van der Waals surface area contributed by atoms with Crippen molar-refractivity contribution in [1.82, 2.24) is 15.5 Å². The summed E-state index contributed by atoms with van der Waals surface area (Å²) < 4.78 is 0. The van der Waals surface area contributed by atoms with Crippen LogP contribution in [0, 0.1) is 5.92 Å². The first-order valence-corrected chi connectivity index (χ1v) is 7.03. The Morgan fingerprint density at radius 1 is 1.32 bits per heavy atom. The first-order valence-electron chi connectivity index (χ1n) is 7.03. The first kappa shape index (κ1) is 19.0. The molecule has 1 heterocycles. The Bertz CT molecular complexity index is 256. The van der Waals surface area contributed by atoms with E-state index in [1.165, 1.54) is 12.8 Å². The molecule has 114 valence electrons. The van der Waals surface area contributed by atoms with Gasteiger partial charge in [0.15, 0.2) is 0 Å². The highest BCUT2D eigenvalue weighted by atomic mass is 35.5. The van der Waals surface area contributed by atoms with E-state index in [1.54, 1.807) is 0 Å². The second-order valence-corrected chi connectivity index (χ2v) is 5.19. The molecule has 4 nitrogen and oxygen atoms in total. The van der Waals surface area contributed by atoms with Crippen LogP contribution in [0.15, 0.2) is 0 Å². The molecule has 2 rings (SSSR count). The summed E-state index contributed by atoms with van der Waals surface area (Å²) in [5.41, 5.74) is 0. The van der Waals surface area contributed by atoms with Gasteiger partial charge in [0.2, 0.25) is 5.91 Å². The van der Waals surface area contributed by atoms with Crippen LogP contribution < -0.4 is 10.6 Å². The van der Waals surface area contributed by atoms with Crippen LogP contribution in [0.1, 0.15) is 32.6 Å². The number of likely N-dealkylation sites (N-methyl/N-ethyl adjacent to an activating group) is 1. The van der Waals surface area contributed by atoms with Gasteiger partial charge in [-0.15, -0.1) is 24.8 Å². The van der Waals surface area contributed by atoms with Gasteiger partial charge in [0.1, 0.15) is 0 Å². The minimum Gasteiger partial charge on any atom is -0.355 e. The van der Waals surface area contributed by atoms with Crippen molar-refractivity contribution in [3.8, 4) is 0 Å². The van der Waals surface area contributed by atoms with Crippen molar-refractivity contribution in [3.05, 3.63) is 0 Å². The number of carbonyl (C=O) groups is 1. The third-order valence-electron chi connectivity index (χ3n) is 3.84. The number of hydrogen-bond acceptors (Lipinski definition) is 3. The minimum absolute atomic E-state index is 0. The van der Waals surface area contributed by atoms with Crippen LogP contribution >= 0.6 is 24.8 Å². The molecule has 0 spiro atoms. The lowest BCUT2D eigenvalue weighted by molar-refractivity contribution is -0.125. The molecule has 6 heteroatoms. The normalized spacial score (nSPS) is 22.3. The molecule has 1 unspecified atom stereocenters. The summed E-state index contributed by atoms with van der Waals surface area (Å²) in [6, 6.07) is 0.799. The average Bonchev–Trinajstić information content (AvgIpc) is 3.20. The molecule has 0 aromatic rings. The van der Waals surface area contributed by atoms with Crippen LogP contribution in [0.2, 0.25) is 0 Å². The highest BCUT2D eigenvalue weighted by Gasteiger charge is 2.27. The maximum Gasteiger partial charge on any atom is 0.224 e. The smallest absolute Gasteiger partial charge is 0.224 e. The lowest BCUT2D eigenvalue weighted by Crippen LogP contribution is -2.43. The quantitative estimate of drug-likeness (QED) is 0.780. The molecular formula is C13H27Cl2N3O. The van der Waals surface area contributed by atoms with Gasteiger partial charge in [-0.25, -0.2) is 0 Å². The SMILES string of the molecule is CCN(CCNC(=O)C1CCCNC1)C1CC1.Cl.Cl. The molecule has 1 aliphatic heterocycles. The molecule has 1 amide bonds. The predicted molar refractivity (Wildman–Crippen MR) is 83.4 cm³/mol. The standard InChI is InChI=1S/C13H25N3O.2ClH/c1-2-16(12-5-6-12)9-8-15-13(17)11-4-3-7-14-10-11;;/h11-12,14H,2-10H2,1H3,(H,15,17);2*1H. The van der Waals surface area contributed by atoms with Crippen molar-refractivity contribution in [1.29, 1.82) is 0 Å². The van der Waals surface area contributed by atoms with Crippen molar-refractivity contribution in [2.24, 2.45) is 5.92 Å². The molecule has 0 aromatic heterocycles. The average molecular weight is 312 g/mol. The predicted octanol–water partition coefficient (Wildman–Crippen LogP) is 1.43. The van der Waals surface area contributed by atoms with Gasteiger partial charge in [-0.3, -0.25) is 9.69 Å². The van der Waals surface area contributed by atoms with Crippen molar-refractivity contribution in [3.63, 3.8) is 0 Å². The monoisotopic (exact) mass is 311 g/mol. The maximum atomic E-state index is 11.9. The first-order chi connectivity index (χ1) is 8.31. The van der Waals surface area contributed by atoms with E-state index in [4.69, 9.17) is 0 Å². The summed E-state index contributed by atoms with van der Waals surface area (Å²) in [6.45, 7) is 7.03. The highest BCUT2D eigenvalue weighted by Crippen LogP contribution is 2.25. The van der Waals surface area contributed by atoms with Crippen molar-refractivity contribution < 1.29 is 4.79 Å². The van der Waals surface area contributed by atoms with Gasteiger partial charge in [0.25, 0.3) is 0 Å². The van der Waals surface area contributed by atoms with Crippen LogP contribution in [0.4, 0.5) is 0 Å². The van der Waals surface area contributed by atoms with Gasteiger partial charge in [-0.1, -0.05) is 6.92 Å². The summed E-state index contributed by atoms with van der Waals surface area (Å²) in [4.78, 5) is 14.4. The molecule has 2 aliphatic rings. The number of amides is 1. The molecule has 0 bridgehead atoms. The van der Waals surface area contributed by atoms with E-state index >= 15 is 0 Å². The number of carbonyl (C=O) groups excluding carboxylic acids is 1. The van der Waals surface area contributed by atoms with Crippen LogP contribution in [0.3, 0.4) is 0 Å². The van der Waals surface area contributed by atoms with Gasteiger partial charge in [0, 0.05) is 25.7 Å². The van der Waals surface area contributed by atoms with Crippen LogP contribution in [-0.4, -0.2) is 49.6 Å². The Morgan fingerprint density at radius 3 is 2.58 bits per heavy atom. The fraction of sp³-hybridized carbons (Fsp3) is 0.923. The third-order valence-corrected chi connectivity index (χ3v) is 3.84. The fourth-order valence-corrected chi connectivity index (χ4v) is 2.58. The Hall–Kier alpha value is -0.0300. The molecular weight excluding hydrogens is 285 g/mol. The summed E-state index contributed by atoms with van der Waals surface area (Å²) in [5.74, 6) is 0.434. The second-order valence-electron chi connectivity index (χ2n) is 5.19. The lowest BCUT2D eigenvalue weighted by atomic mass is 9.99. The number of nitrogens with zero attached hydrogens (tertiary/aromatic N) is 1. The Kier molecular flexibility index (Phi) is 9.79. The summed E-state index contributed by atoms with van der Waals surface area (Å²) in [5, 5.41) is 6.36. The highest BCUT2D eigenvalue weighted by molar-refractivity contribution is 5.85. The van der Waals surface area contributed by atoms with Crippen molar-refractivity contribution in [2.45, 2.75) is 38.6 Å². The summed E-state index contributed by atoms with van der Waals surface area (Å²) in [6.07, 6.45) is 4.85. The van der Waals surface area contributed by atoms with Gasteiger partial charge >= 0.3 is 0 Å². The van der Waals surface area contributed by atoms with E-state index in [0.29, 0.717) is 0 Å². The Labute approximate surface area is 128 Å². The number of hydrogen-bond donors (Lipinski definition) is 2. The van der Waals surface area contributed by atoms with Crippen molar-refractivity contribution >= 4 is 30.7 Å². The molecule has 2 N–H and O–H groups in total. The molecule has 1 saturated heterocycles. The van der Waals surface area contributed by atoms with E-state index in [2.05, 4.69) is 22.5 Å². The van der Waals surface area contributed by atoms with Crippen molar-refractivity contribution in [2.75, 3.05) is 32.7 Å². The third kappa shape index (κ3) is 6.30. The lowest BCUT2D eigenvalue weighted by Gasteiger charge is -2.23.